The second kappa shape index (κ2) is 6.14. The zero-order valence-electron chi connectivity index (χ0n) is 9.31. The lowest BCUT2D eigenvalue weighted by Gasteiger charge is -2.23. The molecular weight excluding hydrogens is 280 g/mol. The molecule has 0 radical (unpaired) electrons. The van der Waals surface area contributed by atoms with E-state index in [-0.39, 0.29) is 0 Å². The highest BCUT2D eigenvalue weighted by atomic mass is 35.5. The largest absolute Gasteiger partial charge is 0.492 e. The molecule has 94 valence electrons. The molecule has 0 aliphatic carbocycles. The van der Waals surface area contributed by atoms with E-state index in [1.165, 1.54) is 12.8 Å². The summed E-state index contributed by atoms with van der Waals surface area (Å²) in [6, 6.07) is 3.28. The second-order valence-corrected chi connectivity index (χ2v) is 5.44. The van der Waals surface area contributed by atoms with Crippen molar-refractivity contribution < 1.29 is 4.74 Å². The highest BCUT2D eigenvalue weighted by molar-refractivity contribution is 6.43. The highest BCUT2D eigenvalue weighted by Gasteiger charge is 2.15. The maximum atomic E-state index is 6.04. The van der Waals surface area contributed by atoms with Crippen LogP contribution in [0.2, 0.25) is 15.1 Å². The number of hydrogen-bond donors (Lipinski definition) is 1. The lowest BCUT2D eigenvalue weighted by Crippen LogP contribution is -2.33. The van der Waals surface area contributed by atoms with Crippen LogP contribution >= 0.6 is 34.8 Å². The molecule has 0 unspecified atom stereocenters. The third kappa shape index (κ3) is 3.65. The van der Waals surface area contributed by atoms with Crippen molar-refractivity contribution in [2.45, 2.75) is 12.8 Å². The molecule has 1 heterocycles. The van der Waals surface area contributed by atoms with Gasteiger partial charge in [0.05, 0.1) is 21.7 Å². The minimum absolute atomic E-state index is 0.448. The van der Waals surface area contributed by atoms with Crippen molar-refractivity contribution in [1.82, 2.24) is 5.32 Å². The molecule has 1 N–H and O–H groups in total. The van der Waals surface area contributed by atoms with Crippen LogP contribution in [0.15, 0.2) is 12.1 Å². The Morgan fingerprint density at radius 1 is 1.18 bits per heavy atom. The maximum Gasteiger partial charge on any atom is 0.139 e. The fourth-order valence-corrected chi connectivity index (χ4v) is 2.48. The van der Waals surface area contributed by atoms with Crippen molar-refractivity contribution in [3.05, 3.63) is 27.2 Å². The maximum absolute atomic E-state index is 6.04. The molecule has 0 aromatic heterocycles. The van der Waals surface area contributed by atoms with E-state index in [0.717, 1.165) is 13.1 Å². The summed E-state index contributed by atoms with van der Waals surface area (Å²) < 4.78 is 5.70. The normalized spacial score (nSPS) is 20.3. The molecular formula is C12H14Cl3NO. The fraction of sp³-hybridized carbons (Fsp3) is 0.500. The Morgan fingerprint density at radius 2 is 1.94 bits per heavy atom. The highest BCUT2D eigenvalue weighted by Crippen LogP contribution is 2.34. The molecule has 1 aliphatic rings. The average molecular weight is 295 g/mol. The Labute approximate surface area is 116 Å². The van der Waals surface area contributed by atoms with Gasteiger partial charge in [-0.15, -0.1) is 0 Å². The molecule has 2 nitrogen and oxygen atoms in total. The molecule has 0 spiro atoms. The number of benzene rings is 1. The predicted octanol–water partition coefficient (Wildman–Crippen LogP) is 4.03. The van der Waals surface area contributed by atoms with Crippen LogP contribution in [0.25, 0.3) is 0 Å². The summed E-state index contributed by atoms with van der Waals surface area (Å²) >= 11 is 17.8. The van der Waals surface area contributed by atoms with Crippen LogP contribution in [0, 0.1) is 5.92 Å². The van der Waals surface area contributed by atoms with Crippen molar-refractivity contribution in [2.75, 3.05) is 19.7 Å². The van der Waals surface area contributed by atoms with E-state index >= 15 is 0 Å². The molecule has 0 bridgehead atoms. The first kappa shape index (κ1) is 13.3. The number of nitrogens with one attached hydrogen (secondary N) is 1. The van der Waals surface area contributed by atoms with Gasteiger partial charge in [-0.25, -0.2) is 0 Å². The number of halogens is 3. The Hall–Kier alpha value is -0.150. The number of rotatable bonds is 3. The van der Waals surface area contributed by atoms with Gasteiger partial charge in [-0.3, -0.25) is 0 Å². The van der Waals surface area contributed by atoms with Crippen molar-refractivity contribution in [3.8, 4) is 5.75 Å². The fourth-order valence-electron chi connectivity index (χ4n) is 1.89. The van der Waals surface area contributed by atoms with Gasteiger partial charge in [-0.2, -0.15) is 0 Å². The third-order valence-electron chi connectivity index (χ3n) is 2.85. The smallest absolute Gasteiger partial charge is 0.139 e. The van der Waals surface area contributed by atoms with E-state index in [1.807, 2.05) is 0 Å². The Kier molecular flexibility index (Phi) is 4.80. The number of piperidine rings is 1. The first-order valence-corrected chi connectivity index (χ1v) is 6.78. The van der Waals surface area contributed by atoms with E-state index in [0.29, 0.717) is 33.3 Å². The monoisotopic (exact) mass is 293 g/mol. The van der Waals surface area contributed by atoms with Gasteiger partial charge in [-0.1, -0.05) is 34.8 Å². The van der Waals surface area contributed by atoms with Crippen LogP contribution < -0.4 is 10.1 Å². The van der Waals surface area contributed by atoms with E-state index in [2.05, 4.69) is 5.32 Å². The minimum Gasteiger partial charge on any atom is -0.492 e. The molecule has 1 aliphatic heterocycles. The molecule has 1 saturated heterocycles. The van der Waals surface area contributed by atoms with Gasteiger partial charge in [-0.05, 0) is 25.5 Å². The summed E-state index contributed by atoms with van der Waals surface area (Å²) in [6.07, 6.45) is 2.38. The van der Waals surface area contributed by atoms with Crippen LogP contribution in [0.4, 0.5) is 0 Å². The molecule has 5 heteroatoms. The molecule has 1 aromatic carbocycles. The predicted molar refractivity (Wildman–Crippen MR) is 72.6 cm³/mol. The van der Waals surface area contributed by atoms with Gasteiger partial charge in [0.15, 0.2) is 0 Å². The number of ether oxygens (including phenoxy) is 1. The summed E-state index contributed by atoms with van der Waals surface area (Å²) in [4.78, 5) is 0. The van der Waals surface area contributed by atoms with E-state index in [4.69, 9.17) is 39.5 Å². The topological polar surface area (TPSA) is 21.3 Å². The first-order valence-electron chi connectivity index (χ1n) is 5.65. The van der Waals surface area contributed by atoms with Gasteiger partial charge in [0, 0.05) is 18.5 Å². The molecule has 0 amide bonds. The van der Waals surface area contributed by atoms with E-state index in [1.54, 1.807) is 12.1 Å². The second-order valence-electron chi connectivity index (χ2n) is 4.22. The summed E-state index contributed by atoms with van der Waals surface area (Å²) in [5.41, 5.74) is 0. The standard InChI is InChI=1S/C12H14Cl3NO/c13-9-4-11(15)12(5-10(9)14)17-7-8-2-1-3-16-6-8/h4-5,8,16H,1-3,6-7H2/t8-/m1/s1. The summed E-state index contributed by atoms with van der Waals surface area (Å²) in [7, 11) is 0. The lowest BCUT2D eigenvalue weighted by molar-refractivity contribution is 0.218. The quantitative estimate of drug-likeness (QED) is 0.850. The van der Waals surface area contributed by atoms with Crippen molar-refractivity contribution >= 4 is 34.8 Å². The molecule has 1 fully saturated rings. The zero-order valence-corrected chi connectivity index (χ0v) is 11.6. The Balaban J connectivity index is 1.96. The van der Waals surface area contributed by atoms with Crippen molar-refractivity contribution in [2.24, 2.45) is 5.92 Å². The Bertz CT molecular complexity index is 392. The minimum atomic E-state index is 0.448. The zero-order chi connectivity index (χ0) is 12.3. The molecule has 1 aromatic rings. The van der Waals surface area contributed by atoms with Crippen molar-refractivity contribution in [1.29, 1.82) is 0 Å². The van der Waals surface area contributed by atoms with Crippen LogP contribution in [0.5, 0.6) is 5.75 Å². The van der Waals surface area contributed by atoms with E-state index < -0.39 is 0 Å². The summed E-state index contributed by atoms with van der Waals surface area (Å²) in [5, 5.41) is 4.76. The number of hydrogen-bond acceptors (Lipinski definition) is 2. The molecule has 17 heavy (non-hydrogen) atoms. The van der Waals surface area contributed by atoms with Crippen LogP contribution in [0.3, 0.4) is 0 Å². The van der Waals surface area contributed by atoms with Crippen LogP contribution in [-0.4, -0.2) is 19.7 Å². The van der Waals surface area contributed by atoms with Crippen LogP contribution in [0.1, 0.15) is 12.8 Å². The van der Waals surface area contributed by atoms with E-state index in [9.17, 15) is 0 Å². The summed E-state index contributed by atoms with van der Waals surface area (Å²) in [5.74, 6) is 1.14. The van der Waals surface area contributed by atoms with Gasteiger partial charge in [0.25, 0.3) is 0 Å². The van der Waals surface area contributed by atoms with Gasteiger partial charge < -0.3 is 10.1 Å². The molecule has 0 saturated carbocycles. The third-order valence-corrected chi connectivity index (χ3v) is 3.87. The average Bonchev–Trinajstić information content (AvgIpc) is 2.33. The lowest BCUT2D eigenvalue weighted by atomic mass is 10.0. The van der Waals surface area contributed by atoms with Gasteiger partial charge in [0.1, 0.15) is 5.75 Å². The first-order chi connectivity index (χ1) is 8.16. The van der Waals surface area contributed by atoms with Gasteiger partial charge >= 0.3 is 0 Å². The molecule has 2 rings (SSSR count). The molecule has 1 atom stereocenters. The SMILES string of the molecule is Clc1cc(Cl)c(OC[C@@H]2CCCNC2)cc1Cl. The Morgan fingerprint density at radius 3 is 2.65 bits per heavy atom. The van der Waals surface area contributed by atoms with Gasteiger partial charge in [0.2, 0.25) is 0 Å². The van der Waals surface area contributed by atoms with Crippen LogP contribution in [-0.2, 0) is 0 Å². The van der Waals surface area contributed by atoms with Crippen molar-refractivity contribution in [3.63, 3.8) is 0 Å². The summed E-state index contributed by atoms with van der Waals surface area (Å²) in [6.45, 7) is 2.76.